The maximum Gasteiger partial charge on any atom is 0.361 e. The van der Waals surface area contributed by atoms with Gasteiger partial charge in [0.1, 0.15) is 13.2 Å². The Morgan fingerprint density at radius 2 is 0.687 bits per heavy atom. The summed E-state index contributed by atoms with van der Waals surface area (Å²) >= 11 is 0. The molecule has 0 saturated carbocycles. The first-order valence-corrected chi connectivity index (χ1v) is 35.1. The van der Waals surface area contributed by atoms with E-state index < -0.39 is 18.4 Å². The van der Waals surface area contributed by atoms with Gasteiger partial charge in [0.05, 0.1) is 34.4 Å². The molecule has 0 rings (SSSR count). The number of rotatable bonds is 65. The first kappa shape index (κ1) is 79.7. The largest absolute Gasteiger partial charge is 0.477 e. The summed E-state index contributed by atoms with van der Waals surface area (Å²) in [6, 6.07) is 0. The molecule has 0 radical (unpaired) electrons. The maximum absolute atomic E-state index is 12.9. The van der Waals surface area contributed by atoms with Gasteiger partial charge in [0.2, 0.25) is 0 Å². The third-order valence-electron chi connectivity index (χ3n) is 15.4. The van der Waals surface area contributed by atoms with Gasteiger partial charge in [-0.3, -0.25) is 9.59 Å². The Morgan fingerprint density at radius 3 is 1.04 bits per heavy atom. The number of likely N-dealkylation sites (N-methyl/N-ethyl adjacent to an activating group) is 1. The Hall–Kier alpha value is -3.27. The van der Waals surface area contributed by atoms with Crippen LogP contribution in [0, 0.1) is 0 Å². The van der Waals surface area contributed by atoms with E-state index >= 15 is 0 Å². The molecule has 0 saturated heterocycles. The van der Waals surface area contributed by atoms with Crippen LogP contribution in [-0.4, -0.2) is 87.4 Å². The fourth-order valence-corrected chi connectivity index (χ4v) is 10.1. The van der Waals surface area contributed by atoms with Crippen molar-refractivity contribution in [2.75, 3.05) is 47.5 Å². The molecule has 9 nitrogen and oxygen atoms in total. The van der Waals surface area contributed by atoms with Crippen molar-refractivity contribution in [1.29, 1.82) is 0 Å². The van der Waals surface area contributed by atoms with Gasteiger partial charge in [0.15, 0.2) is 6.10 Å². The number of ether oxygens (including phenoxy) is 4. The molecule has 2 unspecified atom stereocenters. The van der Waals surface area contributed by atoms with Crippen LogP contribution in [0.15, 0.2) is 72.9 Å². The number of nitrogens with zero attached hydrogens (tertiary/aromatic N) is 1. The standard InChI is InChI=1S/C74H133NO8/c1-6-8-10-12-14-16-18-20-22-24-26-27-28-29-30-31-32-33-34-35-36-37-38-39-40-41-42-43-44-45-47-49-51-53-55-57-59-61-63-65-72(77)83-70(69-82-74(73(78)79)80-67-66-75(3,4)5)68-81-71(76)64-62-60-58-56-54-52-50-48-46-25-23-21-19-17-15-13-11-9-7-2/h8,10,14,16,20-23,26-27,29-30,70,74H,6-7,9,11-13,15,17-19,24-25,28,31-69H2,1-5H3/p+1/b10-8-,16-14-,22-20-,23-21-,27-26-,30-29-. The van der Waals surface area contributed by atoms with Gasteiger partial charge in [-0.2, -0.15) is 0 Å². The summed E-state index contributed by atoms with van der Waals surface area (Å²) < 4.78 is 23.0. The third kappa shape index (κ3) is 66.1. The zero-order valence-corrected chi connectivity index (χ0v) is 55.1. The molecule has 1 N–H and O–H groups in total. The average Bonchev–Trinajstić information content (AvgIpc) is 3.46. The maximum atomic E-state index is 12.9. The number of carboxylic acid groups (broad SMARTS) is 1. The summed E-state index contributed by atoms with van der Waals surface area (Å²) in [7, 11) is 5.98. The number of allylic oxidation sites excluding steroid dienone is 12. The van der Waals surface area contributed by atoms with E-state index in [-0.39, 0.29) is 38.2 Å². The Bertz CT molecular complexity index is 1590. The predicted octanol–water partition coefficient (Wildman–Crippen LogP) is 21.7. The number of carbonyl (C=O) groups excluding carboxylic acids is 2. The SMILES string of the molecule is CC/C=C\C/C=C\C/C=C\C/C=C\C/C=C\CCCCCCCCCCCCCCCCCCCCCCCCCC(=O)OC(COC(=O)CCCCCCCCCCC/C=C\CCCCCCCC)COC(OCC[N+](C)(C)C)C(=O)O. The van der Waals surface area contributed by atoms with Crippen LogP contribution in [-0.2, 0) is 33.3 Å². The van der Waals surface area contributed by atoms with Crippen LogP contribution in [0.4, 0.5) is 0 Å². The summed E-state index contributed by atoms with van der Waals surface area (Å²) in [5.41, 5.74) is 0. The molecule has 0 aromatic rings. The smallest absolute Gasteiger partial charge is 0.361 e. The Labute approximate surface area is 513 Å². The fraction of sp³-hybridized carbons (Fsp3) is 0.797. The zero-order valence-electron chi connectivity index (χ0n) is 55.1. The van der Waals surface area contributed by atoms with Gasteiger partial charge in [-0.1, -0.05) is 299 Å². The Morgan fingerprint density at radius 1 is 0.373 bits per heavy atom. The highest BCUT2D eigenvalue weighted by molar-refractivity contribution is 5.71. The van der Waals surface area contributed by atoms with Gasteiger partial charge in [-0.05, 0) is 83.5 Å². The molecular weight excluding hydrogens is 1030 g/mol. The van der Waals surface area contributed by atoms with Crippen molar-refractivity contribution >= 4 is 17.9 Å². The number of unbranched alkanes of at least 4 members (excludes halogenated alkanes) is 38. The van der Waals surface area contributed by atoms with Crippen LogP contribution in [0.25, 0.3) is 0 Å². The van der Waals surface area contributed by atoms with Crippen LogP contribution < -0.4 is 0 Å². The van der Waals surface area contributed by atoms with Crippen LogP contribution in [0.3, 0.4) is 0 Å². The summed E-state index contributed by atoms with van der Waals surface area (Å²) in [6.07, 6.45) is 83.1. The number of carbonyl (C=O) groups is 3. The second kappa shape index (κ2) is 64.7. The van der Waals surface area contributed by atoms with Gasteiger partial charge in [-0.15, -0.1) is 0 Å². The van der Waals surface area contributed by atoms with E-state index in [0.717, 1.165) is 70.6 Å². The van der Waals surface area contributed by atoms with Gasteiger partial charge in [0.25, 0.3) is 6.29 Å². The second-order valence-electron chi connectivity index (χ2n) is 24.8. The average molecular weight is 1170 g/mol. The number of hydrogen-bond acceptors (Lipinski definition) is 7. The van der Waals surface area contributed by atoms with Gasteiger partial charge in [0, 0.05) is 12.8 Å². The van der Waals surface area contributed by atoms with E-state index in [1.54, 1.807) is 0 Å². The number of hydrogen-bond donors (Lipinski definition) is 1. The molecule has 0 fully saturated rings. The molecule has 0 heterocycles. The lowest BCUT2D eigenvalue weighted by molar-refractivity contribution is -0.870. The molecule has 0 aliphatic carbocycles. The molecule has 9 heteroatoms. The summed E-state index contributed by atoms with van der Waals surface area (Å²) in [5.74, 6) is -1.99. The Kier molecular flexibility index (Phi) is 62.2. The third-order valence-corrected chi connectivity index (χ3v) is 15.4. The minimum atomic E-state index is -1.51. The lowest BCUT2D eigenvalue weighted by atomic mass is 10.0. The lowest BCUT2D eigenvalue weighted by Crippen LogP contribution is -2.40. The molecule has 2 atom stereocenters. The molecule has 482 valence electrons. The molecule has 0 aromatic carbocycles. The zero-order chi connectivity index (χ0) is 60.5. The highest BCUT2D eigenvalue weighted by Gasteiger charge is 2.25. The van der Waals surface area contributed by atoms with E-state index in [1.165, 1.54) is 225 Å². The minimum Gasteiger partial charge on any atom is -0.477 e. The van der Waals surface area contributed by atoms with Crippen molar-refractivity contribution in [3.05, 3.63) is 72.9 Å². The van der Waals surface area contributed by atoms with Gasteiger partial charge < -0.3 is 28.5 Å². The molecule has 83 heavy (non-hydrogen) atoms. The molecule has 0 spiro atoms. The first-order valence-electron chi connectivity index (χ1n) is 35.1. The van der Waals surface area contributed by atoms with E-state index in [9.17, 15) is 19.5 Å². The molecule has 0 aliphatic rings. The topological polar surface area (TPSA) is 108 Å². The minimum absolute atomic E-state index is 0.180. The highest BCUT2D eigenvalue weighted by Crippen LogP contribution is 2.18. The lowest BCUT2D eigenvalue weighted by Gasteiger charge is -2.25. The number of quaternary nitrogens is 1. The Balaban J connectivity index is 3.99. The second-order valence-corrected chi connectivity index (χ2v) is 24.8. The van der Waals surface area contributed by atoms with Gasteiger partial charge >= 0.3 is 17.9 Å². The molecule has 0 aliphatic heterocycles. The number of esters is 2. The van der Waals surface area contributed by atoms with Crippen molar-refractivity contribution in [2.45, 2.75) is 334 Å². The van der Waals surface area contributed by atoms with Crippen LogP contribution in [0.2, 0.25) is 0 Å². The van der Waals surface area contributed by atoms with E-state index in [2.05, 4.69) is 86.8 Å². The first-order chi connectivity index (χ1) is 40.6. The molecule has 0 amide bonds. The number of aliphatic carboxylic acids is 1. The monoisotopic (exact) mass is 1170 g/mol. The summed E-state index contributed by atoms with van der Waals surface area (Å²) in [5, 5.41) is 9.74. The van der Waals surface area contributed by atoms with Crippen molar-refractivity contribution in [3.63, 3.8) is 0 Å². The number of carboxylic acids is 1. The molecule has 0 aromatic heterocycles. The van der Waals surface area contributed by atoms with E-state index in [4.69, 9.17) is 18.9 Å². The molecular formula is C74H134NO8+. The van der Waals surface area contributed by atoms with Crippen molar-refractivity contribution < 1.29 is 42.9 Å². The van der Waals surface area contributed by atoms with Crippen molar-refractivity contribution in [2.24, 2.45) is 0 Å². The quantitative estimate of drug-likeness (QED) is 0.0211. The van der Waals surface area contributed by atoms with Crippen LogP contribution in [0.5, 0.6) is 0 Å². The van der Waals surface area contributed by atoms with Crippen LogP contribution >= 0.6 is 0 Å². The fourth-order valence-electron chi connectivity index (χ4n) is 10.1. The van der Waals surface area contributed by atoms with Crippen LogP contribution in [0.1, 0.15) is 322 Å². The summed E-state index contributed by atoms with van der Waals surface area (Å²) in [6.45, 7) is 4.80. The highest BCUT2D eigenvalue weighted by atomic mass is 16.7. The summed E-state index contributed by atoms with van der Waals surface area (Å²) in [4.78, 5) is 37.6. The molecule has 0 bridgehead atoms. The van der Waals surface area contributed by atoms with Crippen molar-refractivity contribution in [3.8, 4) is 0 Å². The van der Waals surface area contributed by atoms with E-state index in [1.807, 2.05) is 21.1 Å². The van der Waals surface area contributed by atoms with Gasteiger partial charge in [-0.25, -0.2) is 4.79 Å². The predicted molar refractivity (Wildman–Crippen MR) is 355 cm³/mol. The van der Waals surface area contributed by atoms with E-state index in [0.29, 0.717) is 17.4 Å². The normalized spacial score (nSPS) is 13.1. The van der Waals surface area contributed by atoms with Crippen molar-refractivity contribution in [1.82, 2.24) is 0 Å².